The largest absolute Gasteiger partial charge is 0.478 e. The van der Waals surface area contributed by atoms with E-state index in [0.29, 0.717) is 34.0 Å². The van der Waals surface area contributed by atoms with Crippen molar-refractivity contribution in [3.63, 3.8) is 0 Å². The Morgan fingerprint density at radius 3 is 2.78 bits per heavy atom. The first-order valence-corrected chi connectivity index (χ1v) is 8.14. The number of aromatic carboxylic acids is 1. The highest BCUT2D eigenvalue weighted by atomic mass is 19.1. The molecule has 0 atom stereocenters. The van der Waals surface area contributed by atoms with Crippen LogP contribution < -0.4 is 0 Å². The lowest BCUT2D eigenvalue weighted by Crippen LogP contribution is -2.05. The van der Waals surface area contributed by atoms with Gasteiger partial charge < -0.3 is 9.63 Å². The van der Waals surface area contributed by atoms with Crippen molar-refractivity contribution >= 4 is 5.97 Å². The summed E-state index contributed by atoms with van der Waals surface area (Å²) < 4.78 is 20.7. The van der Waals surface area contributed by atoms with Crippen molar-refractivity contribution in [3.05, 3.63) is 78.2 Å². The van der Waals surface area contributed by atoms with Gasteiger partial charge in [-0.15, -0.1) is 0 Å². The molecule has 27 heavy (non-hydrogen) atoms. The van der Waals surface area contributed by atoms with Gasteiger partial charge in [-0.3, -0.25) is 4.57 Å². The first-order valence-electron chi connectivity index (χ1n) is 8.14. The highest BCUT2D eigenvalue weighted by Gasteiger charge is 2.22. The molecule has 0 aliphatic carbocycles. The van der Waals surface area contributed by atoms with Crippen LogP contribution in [-0.2, 0) is 0 Å². The van der Waals surface area contributed by atoms with E-state index in [2.05, 4.69) is 10.1 Å². The number of imidazole rings is 1. The van der Waals surface area contributed by atoms with Gasteiger partial charge in [-0.1, -0.05) is 29.4 Å². The molecule has 0 saturated carbocycles. The van der Waals surface area contributed by atoms with Gasteiger partial charge in [0, 0.05) is 5.56 Å². The molecule has 2 aromatic carbocycles. The van der Waals surface area contributed by atoms with E-state index in [1.165, 1.54) is 24.5 Å². The van der Waals surface area contributed by atoms with Gasteiger partial charge >= 0.3 is 5.97 Å². The normalized spacial score (nSPS) is 10.9. The number of aryl methyl sites for hydroxylation is 1. The molecule has 0 amide bonds. The van der Waals surface area contributed by atoms with Crippen LogP contribution in [0.15, 0.2) is 65.6 Å². The number of halogens is 1. The first kappa shape index (κ1) is 16.7. The molecule has 4 rings (SSSR count). The van der Waals surface area contributed by atoms with Gasteiger partial charge in [0.2, 0.25) is 0 Å². The Labute approximate surface area is 153 Å². The van der Waals surface area contributed by atoms with Gasteiger partial charge in [0.15, 0.2) is 0 Å². The number of carbonyl (C=O) groups is 1. The molecule has 0 spiro atoms. The third kappa shape index (κ3) is 2.89. The molecule has 2 aromatic heterocycles. The van der Waals surface area contributed by atoms with E-state index in [0.717, 1.165) is 0 Å². The van der Waals surface area contributed by atoms with Crippen LogP contribution in [0, 0.1) is 12.7 Å². The van der Waals surface area contributed by atoms with Gasteiger partial charge in [0.25, 0.3) is 0 Å². The van der Waals surface area contributed by atoms with Crippen LogP contribution in [0.25, 0.3) is 28.2 Å². The Morgan fingerprint density at radius 2 is 2.00 bits per heavy atom. The molecule has 134 valence electrons. The summed E-state index contributed by atoms with van der Waals surface area (Å²) in [7, 11) is 0. The average molecular weight is 363 g/mol. The predicted molar refractivity (Wildman–Crippen MR) is 96.2 cm³/mol. The number of benzene rings is 2. The SMILES string of the molecule is Cc1onc(-c2cccc(F)c2)c1-c1cncn1-c1ccccc1C(=O)O. The number of nitrogens with zero attached hydrogens (tertiary/aromatic N) is 3. The summed E-state index contributed by atoms with van der Waals surface area (Å²) in [5.74, 6) is -0.912. The number of carboxylic acids is 1. The number of hydrogen-bond donors (Lipinski definition) is 1. The highest BCUT2D eigenvalue weighted by molar-refractivity contribution is 5.92. The van der Waals surface area contributed by atoms with E-state index in [-0.39, 0.29) is 11.4 Å². The highest BCUT2D eigenvalue weighted by Crippen LogP contribution is 2.35. The zero-order valence-electron chi connectivity index (χ0n) is 14.3. The van der Waals surface area contributed by atoms with Gasteiger partial charge in [0.05, 0.1) is 35.0 Å². The van der Waals surface area contributed by atoms with Crippen LogP contribution in [0.2, 0.25) is 0 Å². The third-order valence-corrected chi connectivity index (χ3v) is 4.25. The topological polar surface area (TPSA) is 81.2 Å². The number of rotatable bonds is 4. The Kier molecular flexibility index (Phi) is 4.04. The van der Waals surface area contributed by atoms with Crippen LogP contribution in [0.3, 0.4) is 0 Å². The van der Waals surface area contributed by atoms with Crippen molar-refractivity contribution < 1.29 is 18.8 Å². The van der Waals surface area contributed by atoms with Crippen molar-refractivity contribution in [1.29, 1.82) is 0 Å². The minimum Gasteiger partial charge on any atom is -0.478 e. The van der Waals surface area contributed by atoms with E-state index in [1.807, 2.05) is 0 Å². The average Bonchev–Trinajstić information content (AvgIpc) is 3.27. The zero-order valence-corrected chi connectivity index (χ0v) is 14.3. The van der Waals surface area contributed by atoms with Crippen molar-refractivity contribution in [1.82, 2.24) is 14.7 Å². The smallest absolute Gasteiger partial charge is 0.337 e. The van der Waals surface area contributed by atoms with Gasteiger partial charge in [-0.25, -0.2) is 14.2 Å². The zero-order chi connectivity index (χ0) is 19.0. The molecule has 7 heteroatoms. The summed E-state index contributed by atoms with van der Waals surface area (Å²) >= 11 is 0. The van der Waals surface area contributed by atoms with Crippen molar-refractivity contribution in [2.75, 3.05) is 0 Å². The summed E-state index contributed by atoms with van der Waals surface area (Å²) in [6.45, 7) is 1.74. The molecule has 0 aliphatic heterocycles. The molecular formula is C20H14FN3O3. The molecule has 0 bridgehead atoms. The van der Waals surface area contributed by atoms with Gasteiger partial charge in [0.1, 0.15) is 17.3 Å². The van der Waals surface area contributed by atoms with Crippen LogP contribution in [0.5, 0.6) is 0 Å². The minimum absolute atomic E-state index is 0.137. The van der Waals surface area contributed by atoms with E-state index in [1.54, 1.807) is 48.0 Å². The standard InChI is InChI=1S/C20H14FN3O3/c1-12-18(19(23-27-12)13-5-4-6-14(21)9-13)17-10-22-11-24(17)16-8-3-2-7-15(16)20(25)26/h2-11H,1H3,(H,25,26). The summed E-state index contributed by atoms with van der Waals surface area (Å²) in [6, 6.07) is 12.7. The monoisotopic (exact) mass is 363 g/mol. The summed E-state index contributed by atoms with van der Waals surface area (Å²) in [5.41, 5.74) is 2.84. The van der Waals surface area contributed by atoms with E-state index in [9.17, 15) is 14.3 Å². The van der Waals surface area contributed by atoms with Gasteiger partial charge in [-0.2, -0.15) is 0 Å². The molecule has 2 heterocycles. The Balaban J connectivity index is 1.93. The fraction of sp³-hybridized carbons (Fsp3) is 0.0500. The maximum absolute atomic E-state index is 13.7. The van der Waals surface area contributed by atoms with E-state index < -0.39 is 5.97 Å². The minimum atomic E-state index is -1.04. The van der Waals surface area contributed by atoms with Crippen LogP contribution in [0.4, 0.5) is 4.39 Å². The quantitative estimate of drug-likeness (QED) is 0.583. The lowest BCUT2D eigenvalue weighted by molar-refractivity contribution is 0.0697. The Morgan fingerprint density at radius 1 is 1.19 bits per heavy atom. The number of hydrogen-bond acceptors (Lipinski definition) is 4. The first-order chi connectivity index (χ1) is 13.1. The maximum atomic E-state index is 13.7. The lowest BCUT2D eigenvalue weighted by atomic mass is 10.0. The molecule has 0 fully saturated rings. The molecule has 6 nitrogen and oxygen atoms in total. The number of aromatic nitrogens is 3. The van der Waals surface area contributed by atoms with Crippen molar-refractivity contribution in [2.24, 2.45) is 0 Å². The molecule has 0 radical (unpaired) electrons. The summed E-state index contributed by atoms with van der Waals surface area (Å²) in [6.07, 6.45) is 3.12. The molecule has 0 saturated heterocycles. The Hall–Kier alpha value is -3.74. The molecular weight excluding hydrogens is 349 g/mol. The second-order valence-electron chi connectivity index (χ2n) is 5.94. The van der Waals surface area contributed by atoms with Crippen LogP contribution in [0.1, 0.15) is 16.1 Å². The number of para-hydroxylation sites is 1. The lowest BCUT2D eigenvalue weighted by Gasteiger charge is -2.11. The molecule has 4 aromatic rings. The third-order valence-electron chi connectivity index (χ3n) is 4.25. The molecule has 0 aliphatic rings. The number of carboxylic acid groups (broad SMARTS) is 1. The van der Waals surface area contributed by atoms with Gasteiger partial charge in [-0.05, 0) is 31.2 Å². The van der Waals surface area contributed by atoms with Crippen molar-refractivity contribution in [2.45, 2.75) is 6.92 Å². The van der Waals surface area contributed by atoms with Crippen molar-refractivity contribution in [3.8, 4) is 28.2 Å². The summed E-state index contributed by atoms with van der Waals surface area (Å²) in [5, 5.41) is 13.6. The van der Waals surface area contributed by atoms with E-state index in [4.69, 9.17) is 4.52 Å². The summed E-state index contributed by atoms with van der Waals surface area (Å²) in [4.78, 5) is 15.8. The fourth-order valence-electron chi connectivity index (χ4n) is 3.04. The Bertz CT molecular complexity index is 1150. The second-order valence-corrected chi connectivity index (χ2v) is 5.94. The fourth-order valence-corrected chi connectivity index (χ4v) is 3.04. The molecule has 1 N–H and O–H groups in total. The predicted octanol–water partition coefficient (Wildman–Crippen LogP) is 4.34. The molecule has 0 unspecified atom stereocenters. The van der Waals surface area contributed by atoms with Crippen LogP contribution in [-0.4, -0.2) is 25.8 Å². The maximum Gasteiger partial charge on any atom is 0.337 e. The second kappa shape index (κ2) is 6.53. The van der Waals surface area contributed by atoms with Crippen LogP contribution >= 0.6 is 0 Å². The van der Waals surface area contributed by atoms with E-state index >= 15 is 0 Å².